The van der Waals surface area contributed by atoms with Gasteiger partial charge in [0, 0.05) is 7.11 Å². The van der Waals surface area contributed by atoms with Crippen LogP contribution in [0.2, 0.25) is 0 Å². The number of methoxy groups -OCH3 is 1. The zero-order chi connectivity index (χ0) is 13.0. The third kappa shape index (κ3) is 3.18. The second-order valence-electron chi connectivity index (χ2n) is 3.56. The van der Waals surface area contributed by atoms with E-state index in [1.807, 2.05) is 24.3 Å². The summed E-state index contributed by atoms with van der Waals surface area (Å²) in [6, 6.07) is 7.57. The van der Waals surface area contributed by atoms with Gasteiger partial charge >= 0.3 is 0 Å². The van der Waals surface area contributed by atoms with Gasteiger partial charge in [-0.05, 0) is 33.6 Å². The van der Waals surface area contributed by atoms with Crippen LogP contribution in [0.15, 0.2) is 34.9 Å². The second kappa shape index (κ2) is 5.79. The lowest BCUT2D eigenvalue weighted by Crippen LogP contribution is -1.97. The molecule has 1 heterocycles. The van der Waals surface area contributed by atoms with E-state index < -0.39 is 0 Å². The number of anilines is 1. The fourth-order valence-electron chi connectivity index (χ4n) is 1.41. The van der Waals surface area contributed by atoms with Crippen LogP contribution in [0.1, 0.15) is 5.56 Å². The Morgan fingerprint density at radius 3 is 3.00 bits per heavy atom. The first-order valence-corrected chi connectivity index (χ1v) is 6.02. The minimum absolute atomic E-state index is 0.168. The Kier molecular flexibility index (Phi) is 4.11. The topological polar surface area (TPSA) is 70.3 Å². The van der Waals surface area contributed by atoms with Crippen molar-refractivity contribution in [1.82, 2.24) is 9.97 Å². The summed E-state index contributed by atoms with van der Waals surface area (Å²) in [7, 11) is 1.65. The smallest absolute Gasteiger partial charge is 0.238 e. The van der Waals surface area contributed by atoms with Crippen LogP contribution in [-0.4, -0.2) is 17.1 Å². The average Bonchev–Trinajstić information content (AvgIpc) is 2.35. The maximum atomic E-state index is 5.64. The van der Waals surface area contributed by atoms with E-state index in [1.54, 1.807) is 13.3 Å². The van der Waals surface area contributed by atoms with Gasteiger partial charge in [0.25, 0.3) is 0 Å². The molecule has 2 rings (SSSR count). The maximum Gasteiger partial charge on any atom is 0.238 e. The van der Waals surface area contributed by atoms with Crippen molar-refractivity contribution in [3.63, 3.8) is 0 Å². The van der Waals surface area contributed by atoms with Gasteiger partial charge in [0.1, 0.15) is 5.75 Å². The number of nitrogens with two attached hydrogens (primary N) is 1. The lowest BCUT2D eigenvalue weighted by atomic mass is 10.2. The molecule has 18 heavy (non-hydrogen) atoms. The zero-order valence-corrected chi connectivity index (χ0v) is 11.3. The summed E-state index contributed by atoms with van der Waals surface area (Å²) in [5, 5.41) is 0. The molecule has 0 aliphatic rings. The van der Waals surface area contributed by atoms with E-state index in [1.165, 1.54) is 0 Å². The van der Waals surface area contributed by atoms with Crippen molar-refractivity contribution < 1.29 is 9.47 Å². The molecule has 2 N–H and O–H groups in total. The van der Waals surface area contributed by atoms with Gasteiger partial charge in [-0.3, -0.25) is 0 Å². The van der Waals surface area contributed by atoms with E-state index in [0.29, 0.717) is 22.7 Å². The number of hydrogen-bond donors (Lipinski definition) is 1. The Hall–Kier alpha value is -1.66. The molecule has 6 heteroatoms. The zero-order valence-electron chi connectivity index (χ0n) is 9.76. The number of nitrogen functional groups attached to an aromatic ring is 1. The summed E-state index contributed by atoms with van der Waals surface area (Å²) in [5.41, 5.74) is 6.54. The quantitative estimate of drug-likeness (QED) is 0.940. The highest BCUT2D eigenvalue weighted by molar-refractivity contribution is 9.10. The summed E-state index contributed by atoms with van der Waals surface area (Å²) in [4.78, 5) is 7.86. The highest BCUT2D eigenvalue weighted by atomic mass is 79.9. The van der Waals surface area contributed by atoms with Gasteiger partial charge in [0.05, 0.1) is 17.3 Å². The number of halogens is 1. The third-order valence-electron chi connectivity index (χ3n) is 2.15. The van der Waals surface area contributed by atoms with E-state index in [-0.39, 0.29) is 5.95 Å². The van der Waals surface area contributed by atoms with Crippen molar-refractivity contribution in [1.29, 1.82) is 0 Å². The molecule has 0 saturated heterocycles. The first-order valence-electron chi connectivity index (χ1n) is 5.23. The van der Waals surface area contributed by atoms with Crippen molar-refractivity contribution in [2.45, 2.75) is 6.61 Å². The Morgan fingerprint density at radius 1 is 1.39 bits per heavy atom. The van der Waals surface area contributed by atoms with Gasteiger partial charge in [-0.2, -0.15) is 4.98 Å². The summed E-state index contributed by atoms with van der Waals surface area (Å²) in [6.45, 7) is 0.532. The van der Waals surface area contributed by atoms with Gasteiger partial charge in [-0.25, -0.2) is 4.98 Å². The minimum atomic E-state index is 0.168. The molecule has 1 aromatic heterocycles. The van der Waals surface area contributed by atoms with Crippen LogP contribution in [0.3, 0.4) is 0 Å². The van der Waals surface area contributed by atoms with Gasteiger partial charge in [-0.1, -0.05) is 12.1 Å². The van der Waals surface area contributed by atoms with E-state index in [0.717, 1.165) is 5.56 Å². The molecular weight excluding hydrogens is 298 g/mol. The Morgan fingerprint density at radius 2 is 2.22 bits per heavy atom. The lowest BCUT2D eigenvalue weighted by Gasteiger charge is -2.08. The van der Waals surface area contributed by atoms with Crippen molar-refractivity contribution in [3.05, 3.63) is 40.5 Å². The number of rotatable bonds is 4. The standard InChI is InChI=1S/C12H12BrN3O2/c1-17-7-8-3-2-4-9(5-8)18-11-10(13)6-15-12(14)16-11/h2-6H,7H2,1H3,(H2,14,15,16). The fraction of sp³-hybridized carbons (Fsp3) is 0.167. The largest absolute Gasteiger partial charge is 0.438 e. The second-order valence-corrected chi connectivity index (χ2v) is 4.42. The molecule has 0 fully saturated rings. The molecule has 0 aliphatic carbocycles. The molecule has 1 aromatic carbocycles. The van der Waals surface area contributed by atoms with Crippen LogP contribution in [0.4, 0.5) is 5.95 Å². The maximum absolute atomic E-state index is 5.64. The number of aromatic nitrogens is 2. The molecule has 5 nitrogen and oxygen atoms in total. The van der Waals surface area contributed by atoms with Crippen LogP contribution in [0, 0.1) is 0 Å². The van der Waals surface area contributed by atoms with Crippen LogP contribution < -0.4 is 10.5 Å². The highest BCUT2D eigenvalue weighted by Gasteiger charge is 2.06. The molecule has 0 radical (unpaired) electrons. The van der Waals surface area contributed by atoms with Crippen molar-refractivity contribution in [2.24, 2.45) is 0 Å². The van der Waals surface area contributed by atoms with Crippen LogP contribution in [0.5, 0.6) is 11.6 Å². The number of benzene rings is 1. The molecule has 0 spiro atoms. The molecular formula is C12H12BrN3O2. The fourth-order valence-corrected chi connectivity index (χ4v) is 1.68. The lowest BCUT2D eigenvalue weighted by molar-refractivity contribution is 0.184. The average molecular weight is 310 g/mol. The number of nitrogens with zero attached hydrogens (tertiary/aromatic N) is 2. The summed E-state index contributed by atoms with van der Waals surface area (Å²) in [6.07, 6.45) is 1.55. The van der Waals surface area contributed by atoms with Crippen molar-refractivity contribution in [3.8, 4) is 11.6 Å². The molecule has 0 amide bonds. The SMILES string of the molecule is COCc1cccc(Oc2nc(N)ncc2Br)c1. The van der Waals surface area contributed by atoms with Crippen LogP contribution in [0.25, 0.3) is 0 Å². The van der Waals surface area contributed by atoms with E-state index >= 15 is 0 Å². The molecule has 0 bridgehead atoms. The predicted octanol–water partition coefficient (Wildman–Crippen LogP) is 2.76. The Balaban J connectivity index is 2.22. The van der Waals surface area contributed by atoms with Gasteiger partial charge < -0.3 is 15.2 Å². The van der Waals surface area contributed by atoms with Crippen molar-refractivity contribution >= 4 is 21.9 Å². The van der Waals surface area contributed by atoms with Gasteiger partial charge in [0.15, 0.2) is 0 Å². The van der Waals surface area contributed by atoms with Gasteiger partial charge in [-0.15, -0.1) is 0 Å². The van der Waals surface area contributed by atoms with Crippen LogP contribution in [-0.2, 0) is 11.3 Å². The van der Waals surface area contributed by atoms with E-state index in [2.05, 4.69) is 25.9 Å². The third-order valence-corrected chi connectivity index (χ3v) is 2.70. The molecule has 0 atom stereocenters. The first-order chi connectivity index (χ1) is 8.69. The summed E-state index contributed by atoms with van der Waals surface area (Å²) >= 11 is 3.31. The Bertz CT molecular complexity index is 549. The van der Waals surface area contributed by atoms with Gasteiger partial charge in [0.2, 0.25) is 11.8 Å². The number of ether oxygens (including phenoxy) is 2. The number of hydrogen-bond acceptors (Lipinski definition) is 5. The molecule has 0 aliphatic heterocycles. The summed E-state index contributed by atoms with van der Waals surface area (Å²) in [5.74, 6) is 1.22. The molecule has 0 unspecified atom stereocenters. The molecule has 94 valence electrons. The Labute approximate surface area is 113 Å². The molecule has 2 aromatic rings. The monoisotopic (exact) mass is 309 g/mol. The van der Waals surface area contributed by atoms with Crippen molar-refractivity contribution in [2.75, 3.05) is 12.8 Å². The van der Waals surface area contributed by atoms with E-state index in [9.17, 15) is 0 Å². The summed E-state index contributed by atoms with van der Waals surface area (Å²) < 4.78 is 11.4. The minimum Gasteiger partial charge on any atom is -0.438 e. The normalized spacial score (nSPS) is 10.3. The predicted molar refractivity (Wildman–Crippen MR) is 71.4 cm³/mol. The molecule has 0 saturated carbocycles. The van der Waals surface area contributed by atoms with E-state index in [4.69, 9.17) is 15.2 Å². The highest BCUT2D eigenvalue weighted by Crippen LogP contribution is 2.27. The first kappa shape index (κ1) is 12.8. The van der Waals surface area contributed by atoms with Crippen LogP contribution >= 0.6 is 15.9 Å².